The van der Waals surface area contributed by atoms with Crippen LogP contribution in [0.4, 0.5) is 4.79 Å². The Morgan fingerprint density at radius 3 is 2.13 bits per heavy atom. The van der Waals surface area contributed by atoms with Gasteiger partial charge in [0.15, 0.2) is 0 Å². The van der Waals surface area contributed by atoms with Gasteiger partial charge in [-0.15, -0.1) is 0 Å². The molecule has 6 nitrogen and oxygen atoms in total. The predicted molar refractivity (Wildman–Crippen MR) is 56.6 cm³/mol. The summed E-state index contributed by atoms with van der Waals surface area (Å²) >= 11 is 0. The Balaban J connectivity index is 0.000000288. The Labute approximate surface area is 89.4 Å². The predicted octanol–water partition coefficient (Wildman–Crippen LogP) is -0.159. The lowest BCUT2D eigenvalue weighted by molar-refractivity contribution is -0.137. The number of nitrogens with zero attached hydrogens (tertiary/aromatic N) is 1. The van der Waals surface area contributed by atoms with Crippen LogP contribution in [-0.4, -0.2) is 48.2 Å². The number of nitrogens with two attached hydrogens (primary N) is 1. The second-order valence-corrected chi connectivity index (χ2v) is 3.22. The zero-order valence-corrected chi connectivity index (χ0v) is 9.03. The molecule has 0 aromatic heterocycles. The number of amides is 2. The van der Waals surface area contributed by atoms with Crippen LogP contribution in [0.1, 0.15) is 19.8 Å². The van der Waals surface area contributed by atoms with Gasteiger partial charge in [-0.25, -0.2) is 4.79 Å². The minimum atomic E-state index is -0.711. The zero-order valence-electron chi connectivity index (χ0n) is 9.03. The summed E-state index contributed by atoms with van der Waals surface area (Å²) in [6.45, 7) is 5.06. The first kappa shape index (κ1) is 13.7. The number of rotatable bonds is 2. The summed E-state index contributed by atoms with van der Waals surface area (Å²) < 4.78 is 0. The molecule has 0 aromatic carbocycles. The molecular weight excluding hydrogens is 198 g/mol. The maximum absolute atomic E-state index is 10.5. The highest BCUT2D eigenvalue weighted by atomic mass is 16.4. The average molecular weight is 217 g/mol. The normalized spacial score (nSPS) is 15.1. The molecule has 4 N–H and O–H groups in total. The SMILES string of the molecule is CCCC(=O)O.NC(=O)N1CCNCC1. The Kier molecular flexibility index (Phi) is 7.35. The van der Waals surface area contributed by atoms with E-state index in [-0.39, 0.29) is 6.03 Å². The molecule has 0 saturated carbocycles. The standard InChI is InChI=1S/C5H11N3O.C4H8O2/c6-5(9)8-3-1-7-2-4-8;1-2-3-4(5)6/h7H,1-4H2,(H2,6,9);2-3H2,1H3,(H,5,6). The minimum absolute atomic E-state index is 0.292. The fourth-order valence-corrected chi connectivity index (χ4v) is 1.10. The van der Waals surface area contributed by atoms with E-state index in [4.69, 9.17) is 10.8 Å². The number of carboxylic acids is 1. The first-order valence-corrected chi connectivity index (χ1v) is 5.04. The van der Waals surface area contributed by atoms with Crippen LogP contribution in [0.25, 0.3) is 0 Å². The number of hydrogen-bond donors (Lipinski definition) is 3. The summed E-state index contributed by atoms with van der Waals surface area (Å²) in [6.07, 6.45) is 1.02. The van der Waals surface area contributed by atoms with Crippen molar-refractivity contribution in [1.29, 1.82) is 0 Å². The van der Waals surface area contributed by atoms with Crippen LogP contribution in [0.5, 0.6) is 0 Å². The van der Waals surface area contributed by atoms with Gasteiger partial charge < -0.3 is 21.1 Å². The van der Waals surface area contributed by atoms with E-state index in [2.05, 4.69) is 5.32 Å². The second-order valence-electron chi connectivity index (χ2n) is 3.22. The molecule has 88 valence electrons. The largest absolute Gasteiger partial charge is 0.481 e. The van der Waals surface area contributed by atoms with Crippen molar-refractivity contribution in [2.75, 3.05) is 26.2 Å². The average Bonchev–Trinajstić information content (AvgIpc) is 2.20. The minimum Gasteiger partial charge on any atom is -0.481 e. The van der Waals surface area contributed by atoms with Gasteiger partial charge in [0.1, 0.15) is 0 Å². The van der Waals surface area contributed by atoms with Gasteiger partial charge >= 0.3 is 12.0 Å². The molecule has 1 heterocycles. The van der Waals surface area contributed by atoms with Gasteiger partial charge in [-0.2, -0.15) is 0 Å². The number of carbonyl (C=O) groups is 2. The maximum atomic E-state index is 10.5. The smallest absolute Gasteiger partial charge is 0.314 e. The first-order valence-electron chi connectivity index (χ1n) is 5.04. The Morgan fingerprint density at radius 2 is 1.93 bits per heavy atom. The van der Waals surface area contributed by atoms with Gasteiger partial charge in [-0.1, -0.05) is 6.92 Å². The molecule has 1 fully saturated rings. The fraction of sp³-hybridized carbons (Fsp3) is 0.778. The number of urea groups is 1. The Morgan fingerprint density at radius 1 is 1.40 bits per heavy atom. The topological polar surface area (TPSA) is 95.7 Å². The van der Waals surface area contributed by atoms with Gasteiger partial charge in [-0.05, 0) is 6.42 Å². The van der Waals surface area contributed by atoms with Gasteiger partial charge in [-0.3, -0.25) is 4.79 Å². The van der Waals surface area contributed by atoms with E-state index in [1.807, 2.05) is 6.92 Å². The number of carboxylic acid groups (broad SMARTS) is 1. The van der Waals surface area contributed by atoms with Crippen LogP contribution in [0.2, 0.25) is 0 Å². The monoisotopic (exact) mass is 217 g/mol. The summed E-state index contributed by atoms with van der Waals surface area (Å²) in [5.74, 6) is -0.711. The van der Waals surface area contributed by atoms with E-state index in [0.29, 0.717) is 6.42 Å². The van der Waals surface area contributed by atoms with Crippen molar-refractivity contribution in [3.63, 3.8) is 0 Å². The van der Waals surface area contributed by atoms with Crippen molar-refractivity contribution in [3.8, 4) is 0 Å². The molecular formula is C9H19N3O3. The number of hydrogen-bond acceptors (Lipinski definition) is 3. The summed E-state index contributed by atoms with van der Waals surface area (Å²) in [5, 5.41) is 11.0. The van der Waals surface area contributed by atoms with E-state index in [0.717, 1.165) is 32.6 Å². The van der Waals surface area contributed by atoms with Crippen molar-refractivity contribution in [3.05, 3.63) is 0 Å². The van der Waals surface area contributed by atoms with Crippen molar-refractivity contribution in [1.82, 2.24) is 10.2 Å². The summed E-state index contributed by atoms with van der Waals surface area (Å²) in [6, 6.07) is -0.309. The number of aliphatic carboxylic acids is 1. The van der Waals surface area contributed by atoms with Gasteiger partial charge in [0.2, 0.25) is 0 Å². The molecule has 0 unspecified atom stereocenters. The molecule has 0 bridgehead atoms. The van der Waals surface area contributed by atoms with Crippen molar-refractivity contribution < 1.29 is 14.7 Å². The van der Waals surface area contributed by atoms with Crippen LogP contribution in [0.3, 0.4) is 0 Å². The molecule has 15 heavy (non-hydrogen) atoms. The summed E-state index contributed by atoms with van der Waals surface area (Å²) in [7, 11) is 0. The summed E-state index contributed by atoms with van der Waals surface area (Å²) in [5.41, 5.74) is 5.03. The van der Waals surface area contributed by atoms with Crippen LogP contribution in [0, 0.1) is 0 Å². The summed E-state index contributed by atoms with van der Waals surface area (Å²) in [4.78, 5) is 21.7. The molecule has 2 amide bonds. The number of carbonyl (C=O) groups excluding carboxylic acids is 1. The van der Waals surface area contributed by atoms with Crippen LogP contribution < -0.4 is 11.1 Å². The molecule has 0 radical (unpaired) electrons. The quantitative estimate of drug-likeness (QED) is 0.599. The Bertz CT molecular complexity index is 203. The lowest BCUT2D eigenvalue weighted by Gasteiger charge is -2.25. The number of nitrogens with one attached hydrogen (secondary N) is 1. The van der Waals surface area contributed by atoms with Crippen molar-refractivity contribution in [2.45, 2.75) is 19.8 Å². The molecule has 0 aliphatic carbocycles. The van der Waals surface area contributed by atoms with Gasteiger partial charge in [0, 0.05) is 32.6 Å². The molecule has 1 aliphatic heterocycles. The number of primary amides is 1. The van der Waals surface area contributed by atoms with E-state index in [1.54, 1.807) is 4.90 Å². The third-order valence-corrected chi connectivity index (χ3v) is 1.89. The first-order chi connectivity index (χ1) is 7.07. The molecule has 1 rings (SSSR count). The molecule has 1 saturated heterocycles. The highest BCUT2D eigenvalue weighted by Gasteiger charge is 2.11. The lowest BCUT2D eigenvalue weighted by atomic mass is 10.4. The third kappa shape index (κ3) is 7.75. The fourth-order valence-electron chi connectivity index (χ4n) is 1.10. The second kappa shape index (κ2) is 8.05. The van der Waals surface area contributed by atoms with E-state index >= 15 is 0 Å². The van der Waals surface area contributed by atoms with Crippen LogP contribution >= 0.6 is 0 Å². The van der Waals surface area contributed by atoms with E-state index < -0.39 is 5.97 Å². The maximum Gasteiger partial charge on any atom is 0.314 e. The molecule has 6 heteroatoms. The van der Waals surface area contributed by atoms with E-state index in [1.165, 1.54) is 0 Å². The highest BCUT2D eigenvalue weighted by Crippen LogP contribution is 1.89. The highest BCUT2D eigenvalue weighted by molar-refractivity contribution is 5.72. The molecule has 1 aliphatic rings. The van der Waals surface area contributed by atoms with Gasteiger partial charge in [0.05, 0.1) is 0 Å². The van der Waals surface area contributed by atoms with Crippen LogP contribution in [0.15, 0.2) is 0 Å². The van der Waals surface area contributed by atoms with Gasteiger partial charge in [0.25, 0.3) is 0 Å². The van der Waals surface area contributed by atoms with Crippen molar-refractivity contribution in [2.24, 2.45) is 5.73 Å². The van der Waals surface area contributed by atoms with Crippen molar-refractivity contribution >= 4 is 12.0 Å². The lowest BCUT2D eigenvalue weighted by Crippen LogP contribution is -2.48. The molecule has 0 spiro atoms. The zero-order chi connectivity index (χ0) is 11.7. The molecule has 0 aromatic rings. The third-order valence-electron chi connectivity index (χ3n) is 1.89. The van der Waals surface area contributed by atoms with Crippen LogP contribution in [-0.2, 0) is 4.79 Å². The molecule has 0 atom stereocenters. The Hall–Kier alpha value is -1.30. The van der Waals surface area contributed by atoms with E-state index in [9.17, 15) is 9.59 Å². The number of piperazine rings is 1.